The zero-order valence-corrected chi connectivity index (χ0v) is 15.5. The van der Waals surface area contributed by atoms with E-state index in [-0.39, 0.29) is 6.03 Å². The van der Waals surface area contributed by atoms with Crippen LogP contribution in [0.2, 0.25) is 0 Å². The maximum atomic E-state index is 12.2. The molecule has 2 rings (SSSR count). The summed E-state index contributed by atoms with van der Waals surface area (Å²) in [6.45, 7) is 8.88. The average molecular weight is 332 g/mol. The summed E-state index contributed by atoms with van der Waals surface area (Å²) < 4.78 is 0. The predicted molar refractivity (Wildman–Crippen MR) is 99.3 cm³/mol. The Morgan fingerprint density at radius 1 is 1.17 bits per heavy atom. The van der Waals surface area contributed by atoms with Crippen molar-refractivity contribution < 1.29 is 4.79 Å². The molecular weight excluding hydrogens is 300 g/mol. The van der Waals surface area contributed by atoms with Gasteiger partial charge >= 0.3 is 6.03 Å². The molecule has 2 N–H and O–H groups in total. The van der Waals surface area contributed by atoms with E-state index in [1.807, 2.05) is 6.07 Å². The summed E-state index contributed by atoms with van der Waals surface area (Å²) in [5.41, 5.74) is 1.28. The summed E-state index contributed by atoms with van der Waals surface area (Å²) in [5, 5.41) is 6.08. The summed E-state index contributed by atoms with van der Waals surface area (Å²) in [4.78, 5) is 16.8. The molecule has 134 valence electrons. The highest BCUT2D eigenvalue weighted by Crippen LogP contribution is 2.23. The van der Waals surface area contributed by atoms with Crippen LogP contribution in [0.15, 0.2) is 30.3 Å². The Bertz CT molecular complexity index is 505. The van der Waals surface area contributed by atoms with Crippen molar-refractivity contribution in [3.63, 3.8) is 0 Å². The first kappa shape index (κ1) is 18.7. The van der Waals surface area contributed by atoms with Crippen molar-refractivity contribution in [3.05, 3.63) is 35.9 Å². The van der Waals surface area contributed by atoms with Crippen LogP contribution >= 0.6 is 0 Å². The topological polar surface area (TPSA) is 47.6 Å². The van der Waals surface area contributed by atoms with Gasteiger partial charge in [0.25, 0.3) is 0 Å². The standard InChI is InChI=1S/C19H32N4O/c1-15(2)18(16-8-6-5-7-9-16)13-21-19(24)20-12-17-14-22(3)10-11-23(17)4/h5-9,15,17-18H,10-14H2,1-4H3,(H2,20,21,24)/t17-,18+/m0/s1. The number of likely N-dealkylation sites (N-methyl/N-ethyl adjacent to an activating group) is 2. The van der Waals surface area contributed by atoms with Gasteiger partial charge in [0.05, 0.1) is 0 Å². The van der Waals surface area contributed by atoms with Crippen LogP contribution in [0.1, 0.15) is 25.3 Å². The lowest BCUT2D eigenvalue weighted by atomic mass is 9.88. The fourth-order valence-electron chi connectivity index (χ4n) is 3.24. The van der Waals surface area contributed by atoms with Crippen LogP contribution in [-0.2, 0) is 0 Å². The Kier molecular flexibility index (Phi) is 7.06. The summed E-state index contributed by atoms with van der Waals surface area (Å²) >= 11 is 0. The number of urea groups is 1. The lowest BCUT2D eigenvalue weighted by molar-refractivity contribution is 0.114. The van der Waals surface area contributed by atoms with Gasteiger partial charge in [-0.2, -0.15) is 0 Å². The van der Waals surface area contributed by atoms with E-state index in [1.165, 1.54) is 5.56 Å². The zero-order valence-electron chi connectivity index (χ0n) is 15.5. The van der Waals surface area contributed by atoms with Crippen molar-refractivity contribution in [1.29, 1.82) is 0 Å². The molecule has 1 heterocycles. The van der Waals surface area contributed by atoms with Gasteiger partial charge in [-0.05, 0) is 25.6 Å². The minimum atomic E-state index is -0.0711. The van der Waals surface area contributed by atoms with Gasteiger partial charge in [-0.1, -0.05) is 44.2 Å². The third kappa shape index (κ3) is 5.49. The number of carbonyl (C=O) groups is 1. The van der Waals surface area contributed by atoms with Crippen LogP contribution in [0.4, 0.5) is 4.79 Å². The molecule has 2 amide bonds. The van der Waals surface area contributed by atoms with Gasteiger partial charge in [0.15, 0.2) is 0 Å². The van der Waals surface area contributed by atoms with E-state index >= 15 is 0 Å². The van der Waals surface area contributed by atoms with Gasteiger partial charge in [0.1, 0.15) is 0 Å². The lowest BCUT2D eigenvalue weighted by Gasteiger charge is -2.37. The Morgan fingerprint density at radius 2 is 1.88 bits per heavy atom. The molecule has 1 aromatic rings. The second kappa shape index (κ2) is 9.04. The fourth-order valence-corrected chi connectivity index (χ4v) is 3.24. The van der Waals surface area contributed by atoms with E-state index in [1.54, 1.807) is 0 Å². The van der Waals surface area contributed by atoms with Gasteiger partial charge in [0.2, 0.25) is 0 Å². The van der Waals surface area contributed by atoms with E-state index < -0.39 is 0 Å². The van der Waals surface area contributed by atoms with E-state index in [0.717, 1.165) is 19.6 Å². The molecule has 1 aromatic carbocycles. The molecule has 1 aliphatic rings. The minimum absolute atomic E-state index is 0.0711. The number of amides is 2. The summed E-state index contributed by atoms with van der Waals surface area (Å²) in [7, 11) is 4.26. The molecule has 24 heavy (non-hydrogen) atoms. The van der Waals surface area contributed by atoms with E-state index in [0.29, 0.717) is 31.0 Å². The molecule has 2 atom stereocenters. The number of hydrogen-bond acceptors (Lipinski definition) is 3. The number of benzene rings is 1. The number of rotatable bonds is 6. The van der Waals surface area contributed by atoms with E-state index in [4.69, 9.17) is 0 Å². The fraction of sp³-hybridized carbons (Fsp3) is 0.632. The Hall–Kier alpha value is -1.59. The number of hydrogen-bond donors (Lipinski definition) is 2. The molecule has 1 fully saturated rings. The van der Waals surface area contributed by atoms with Crippen molar-refractivity contribution >= 4 is 6.03 Å². The van der Waals surface area contributed by atoms with Gasteiger partial charge in [-0.3, -0.25) is 4.90 Å². The number of nitrogens with one attached hydrogen (secondary N) is 2. The maximum Gasteiger partial charge on any atom is 0.314 e. The Balaban J connectivity index is 1.79. The third-order valence-corrected chi connectivity index (χ3v) is 4.99. The molecular formula is C19H32N4O. The average Bonchev–Trinajstić information content (AvgIpc) is 2.56. The maximum absolute atomic E-state index is 12.2. The van der Waals surface area contributed by atoms with Crippen molar-refractivity contribution in [1.82, 2.24) is 20.4 Å². The molecule has 5 heteroatoms. The largest absolute Gasteiger partial charge is 0.338 e. The first-order chi connectivity index (χ1) is 11.5. The molecule has 0 bridgehead atoms. The van der Waals surface area contributed by atoms with E-state index in [9.17, 15) is 4.79 Å². The third-order valence-electron chi connectivity index (χ3n) is 4.99. The highest BCUT2D eigenvalue weighted by Gasteiger charge is 2.22. The van der Waals surface area contributed by atoms with Crippen LogP contribution in [0.5, 0.6) is 0 Å². The highest BCUT2D eigenvalue weighted by molar-refractivity contribution is 5.73. The van der Waals surface area contributed by atoms with E-state index in [2.05, 4.69) is 72.6 Å². The van der Waals surface area contributed by atoms with Crippen molar-refractivity contribution in [2.45, 2.75) is 25.8 Å². The second-order valence-corrected chi connectivity index (χ2v) is 7.25. The Morgan fingerprint density at radius 3 is 2.54 bits per heavy atom. The SMILES string of the molecule is CC(C)[C@@H](CNC(=O)NC[C@H]1CN(C)CCN1C)c1ccccc1. The van der Waals surface area contributed by atoms with Crippen LogP contribution < -0.4 is 10.6 Å². The van der Waals surface area contributed by atoms with Gasteiger partial charge in [-0.15, -0.1) is 0 Å². The first-order valence-electron chi connectivity index (χ1n) is 8.92. The minimum Gasteiger partial charge on any atom is -0.338 e. The smallest absolute Gasteiger partial charge is 0.314 e. The summed E-state index contributed by atoms with van der Waals surface area (Å²) in [6.07, 6.45) is 0. The number of piperazine rings is 1. The van der Waals surface area contributed by atoms with Crippen LogP contribution in [0, 0.1) is 5.92 Å². The van der Waals surface area contributed by atoms with Gasteiger partial charge in [-0.25, -0.2) is 4.79 Å². The molecule has 1 saturated heterocycles. The van der Waals surface area contributed by atoms with Crippen molar-refractivity contribution in [2.75, 3.05) is 46.8 Å². The predicted octanol–water partition coefficient (Wildman–Crippen LogP) is 1.97. The van der Waals surface area contributed by atoms with Gasteiger partial charge < -0.3 is 15.5 Å². The zero-order chi connectivity index (χ0) is 17.5. The molecule has 0 unspecified atom stereocenters. The summed E-state index contributed by atoms with van der Waals surface area (Å²) in [6, 6.07) is 10.7. The Labute approximate surface area is 146 Å². The number of carbonyl (C=O) groups excluding carboxylic acids is 1. The van der Waals surface area contributed by atoms with Crippen LogP contribution in [-0.4, -0.2) is 68.7 Å². The second-order valence-electron chi connectivity index (χ2n) is 7.25. The molecule has 1 aliphatic heterocycles. The molecule has 0 aliphatic carbocycles. The molecule has 0 saturated carbocycles. The van der Waals surface area contributed by atoms with Crippen LogP contribution in [0.3, 0.4) is 0 Å². The monoisotopic (exact) mass is 332 g/mol. The van der Waals surface area contributed by atoms with Crippen molar-refractivity contribution in [2.24, 2.45) is 5.92 Å². The lowest BCUT2D eigenvalue weighted by Crippen LogP contribution is -2.55. The first-order valence-corrected chi connectivity index (χ1v) is 8.92. The normalized spacial score (nSPS) is 20.8. The number of nitrogens with zero attached hydrogens (tertiary/aromatic N) is 2. The molecule has 0 radical (unpaired) electrons. The van der Waals surface area contributed by atoms with Crippen molar-refractivity contribution in [3.8, 4) is 0 Å². The van der Waals surface area contributed by atoms with Crippen LogP contribution in [0.25, 0.3) is 0 Å². The van der Waals surface area contributed by atoms with Gasteiger partial charge in [0, 0.05) is 44.7 Å². The summed E-state index contributed by atoms with van der Waals surface area (Å²) in [5.74, 6) is 0.811. The quantitative estimate of drug-likeness (QED) is 0.837. The molecule has 0 aromatic heterocycles. The highest BCUT2D eigenvalue weighted by atomic mass is 16.2. The molecule has 0 spiro atoms. The molecule has 5 nitrogen and oxygen atoms in total.